The van der Waals surface area contributed by atoms with Crippen molar-refractivity contribution >= 4 is 12.1 Å². The van der Waals surface area contributed by atoms with Crippen molar-refractivity contribution in [2.75, 3.05) is 6.54 Å². The number of carbonyl (C=O) groups is 2. The number of halogens is 1. The van der Waals surface area contributed by atoms with E-state index in [-0.39, 0.29) is 28.9 Å². The summed E-state index contributed by atoms with van der Waals surface area (Å²) in [7, 11) is 0. The largest absolute Gasteiger partial charge is 0.338 e. The zero-order chi connectivity index (χ0) is 20.3. The lowest BCUT2D eigenvalue weighted by Crippen LogP contribution is -2.53. The zero-order valence-electron chi connectivity index (χ0n) is 15.4. The van der Waals surface area contributed by atoms with Gasteiger partial charge in [-0.05, 0) is 19.9 Å². The van der Waals surface area contributed by atoms with Crippen molar-refractivity contribution in [2.45, 2.75) is 19.9 Å². The maximum atomic E-state index is 15.5. The smallest absolute Gasteiger partial charge is 0.330 e. The monoisotopic (exact) mass is 379 g/mol. The van der Waals surface area contributed by atoms with E-state index < -0.39 is 23.9 Å². The Balaban J connectivity index is 2.20. The molecule has 2 heterocycles. The van der Waals surface area contributed by atoms with Crippen LogP contribution in [0, 0.1) is 17.1 Å². The van der Waals surface area contributed by atoms with Gasteiger partial charge in [0.15, 0.2) is 0 Å². The maximum absolute atomic E-state index is 15.5. The number of amides is 4. The van der Waals surface area contributed by atoms with Gasteiger partial charge in [0.05, 0.1) is 11.6 Å². The fourth-order valence-corrected chi connectivity index (χ4v) is 3.13. The first-order valence-corrected chi connectivity index (χ1v) is 8.67. The highest BCUT2D eigenvalue weighted by molar-refractivity contribution is 5.96. The SMILES string of the molecule is CCNC(=O)N1C(=O)NC(C)=C(C#N)C1c1cccc(-c2cccnc2)c1F. The van der Waals surface area contributed by atoms with E-state index in [1.165, 1.54) is 12.3 Å². The van der Waals surface area contributed by atoms with E-state index in [2.05, 4.69) is 15.6 Å². The lowest BCUT2D eigenvalue weighted by Gasteiger charge is -2.35. The van der Waals surface area contributed by atoms with Crippen LogP contribution in [0.3, 0.4) is 0 Å². The maximum Gasteiger partial charge on any atom is 0.330 e. The average molecular weight is 379 g/mol. The minimum Gasteiger partial charge on any atom is -0.338 e. The quantitative estimate of drug-likeness (QED) is 0.853. The van der Waals surface area contributed by atoms with Crippen LogP contribution < -0.4 is 10.6 Å². The number of hydrogen-bond acceptors (Lipinski definition) is 4. The van der Waals surface area contributed by atoms with Gasteiger partial charge >= 0.3 is 12.1 Å². The number of hydrogen-bond donors (Lipinski definition) is 2. The molecular formula is C20H18FN5O2. The molecular weight excluding hydrogens is 361 g/mol. The summed E-state index contributed by atoms with van der Waals surface area (Å²) >= 11 is 0. The van der Waals surface area contributed by atoms with Gasteiger partial charge < -0.3 is 10.6 Å². The van der Waals surface area contributed by atoms with Gasteiger partial charge in [0.25, 0.3) is 0 Å². The van der Waals surface area contributed by atoms with Gasteiger partial charge in [-0.25, -0.2) is 18.9 Å². The molecule has 142 valence electrons. The third-order valence-corrected chi connectivity index (χ3v) is 4.41. The highest BCUT2D eigenvalue weighted by atomic mass is 19.1. The Bertz CT molecular complexity index is 997. The number of pyridine rings is 1. The normalized spacial score (nSPS) is 16.4. The molecule has 1 aromatic heterocycles. The number of imide groups is 1. The molecule has 1 aliphatic rings. The molecule has 28 heavy (non-hydrogen) atoms. The van der Waals surface area contributed by atoms with Gasteiger partial charge in [0.1, 0.15) is 11.9 Å². The number of allylic oxidation sites excluding steroid dienone is 1. The number of urea groups is 2. The minimum atomic E-state index is -1.18. The zero-order valence-corrected chi connectivity index (χ0v) is 15.4. The first-order chi connectivity index (χ1) is 13.5. The Hall–Kier alpha value is -3.73. The minimum absolute atomic E-state index is 0.0540. The summed E-state index contributed by atoms with van der Waals surface area (Å²) < 4.78 is 15.5. The van der Waals surface area contributed by atoms with E-state index >= 15 is 4.39 Å². The molecule has 1 atom stereocenters. The molecule has 1 unspecified atom stereocenters. The second-order valence-electron chi connectivity index (χ2n) is 6.14. The summed E-state index contributed by atoms with van der Waals surface area (Å²) in [4.78, 5) is 29.9. The third kappa shape index (κ3) is 3.30. The molecule has 4 amide bonds. The van der Waals surface area contributed by atoms with Crippen LogP contribution >= 0.6 is 0 Å². The van der Waals surface area contributed by atoms with Crippen molar-refractivity contribution < 1.29 is 14.0 Å². The number of carbonyl (C=O) groups excluding carboxylic acids is 2. The Kier molecular flexibility index (Phi) is 5.36. The van der Waals surface area contributed by atoms with Gasteiger partial charge in [-0.15, -0.1) is 0 Å². The predicted molar refractivity (Wildman–Crippen MR) is 100 cm³/mol. The fraction of sp³-hybridized carbons (Fsp3) is 0.200. The van der Waals surface area contributed by atoms with Crippen molar-refractivity contribution in [3.63, 3.8) is 0 Å². The van der Waals surface area contributed by atoms with E-state index in [4.69, 9.17) is 0 Å². The second-order valence-corrected chi connectivity index (χ2v) is 6.14. The Labute approximate surface area is 161 Å². The van der Waals surface area contributed by atoms with Crippen LogP contribution in [-0.2, 0) is 0 Å². The first kappa shape index (κ1) is 19.0. The molecule has 3 rings (SSSR count). The molecule has 0 spiro atoms. The van der Waals surface area contributed by atoms with Crippen molar-refractivity contribution in [3.05, 3.63) is 65.4 Å². The molecule has 1 aliphatic heterocycles. The highest BCUT2D eigenvalue weighted by Gasteiger charge is 2.40. The lowest BCUT2D eigenvalue weighted by atomic mass is 9.92. The van der Waals surface area contributed by atoms with Gasteiger partial charge in [0, 0.05) is 41.3 Å². The molecule has 0 saturated carbocycles. The number of rotatable bonds is 3. The molecule has 2 N–H and O–H groups in total. The van der Waals surface area contributed by atoms with Crippen LogP contribution in [0.5, 0.6) is 0 Å². The van der Waals surface area contributed by atoms with Crippen molar-refractivity contribution in [1.82, 2.24) is 20.5 Å². The molecule has 0 radical (unpaired) electrons. The van der Waals surface area contributed by atoms with E-state index in [0.29, 0.717) is 5.56 Å². The van der Waals surface area contributed by atoms with Crippen LogP contribution in [0.1, 0.15) is 25.5 Å². The Morgan fingerprint density at radius 2 is 2.18 bits per heavy atom. The number of nitrogens with one attached hydrogen (secondary N) is 2. The number of nitrogens with zero attached hydrogens (tertiary/aromatic N) is 3. The van der Waals surface area contributed by atoms with Gasteiger partial charge in [-0.1, -0.05) is 24.3 Å². The molecule has 0 fully saturated rings. The van der Waals surface area contributed by atoms with Crippen molar-refractivity contribution in [2.24, 2.45) is 0 Å². The van der Waals surface area contributed by atoms with Gasteiger partial charge in [-0.2, -0.15) is 5.26 Å². The molecule has 2 aromatic rings. The summed E-state index contributed by atoms with van der Waals surface area (Å²) in [5, 5.41) is 14.7. The molecule has 7 nitrogen and oxygen atoms in total. The van der Waals surface area contributed by atoms with Gasteiger partial charge in [0.2, 0.25) is 0 Å². The van der Waals surface area contributed by atoms with E-state index in [1.54, 1.807) is 44.3 Å². The first-order valence-electron chi connectivity index (χ1n) is 8.67. The van der Waals surface area contributed by atoms with E-state index in [0.717, 1.165) is 4.90 Å². The topological polar surface area (TPSA) is 98.1 Å². The molecule has 1 aromatic carbocycles. The van der Waals surface area contributed by atoms with Crippen molar-refractivity contribution in [1.29, 1.82) is 5.26 Å². The summed E-state index contributed by atoms with van der Waals surface area (Å²) in [6.07, 6.45) is 3.09. The Morgan fingerprint density at radius 1 is 1.39 bits per heavy atom. The van der Waals surface area contributed by atoms with E-state index in [9.17, 15) is 14.9 Å². The standard InChI is InChI=1S/C20H18FN5O2/c1-3-24-19(27)26-18(16(10-22)12(2)25-20(26)28)15-8-4-7-14(17(15)21)13-6-5-9-23-11-13/h4-9,11,18H,3H2,1-2H3,(H,24,27)(H,25,28). The lowest BCUT2D eigenvalue weighted by molar-refractivity contribution is 0.173. The molecule has 0 saturated heterocycles. The summed E-state index contributed by atoms with van der Waals surface area (Å²) in [6, 6.07) is 7.44. The number of nitriles is 1. The van der Waals surface area contributed by atoms with Crippen LogP contribution in [0.2, 0.25) is 0 Å². The Morgan fingerprint density at radius 3 is 2.82 bits per heavy atom. The fourth-order valence-electron chi connectivity index (χ4n) is 3.13. The van der Waals surface area contributed by atoms with Crippen LogP contribution in [-0.4, -0.2) is 28.5 Å². The third-order valence-electron chi connectivity index (χ3n) is 4.41. The van der Waals surface area contributed by atoms with Crippen LogP contribution in [0.4, 0.5) is 14.0 Å². The summed E-state index contributed by atoms with van der Waals surface area (Å²) in [5.41, 5.74) is 1.24. The van der Waals surface area contributed by atoms with E-state index in [1.807, 2.05) is 6.07 Å². The highest BCUT2D eigenvalue weighted by Crippen LogP contribution is 2.37. The second kappa shape index (κ2) is 7.88. The number of benzene rings is 1. The molecule has 8 heteroatoms. The molecule has 0 bridgehead atoms. The molecule has 0 aliphatic carbocycles. The number of aromatic nitrogens is 1. The van der Waals surface area contributed by atoms with Crippen molar-refractivity contribution in [3.8, 4) is 17.2 Å². The van der Waals surface area contributed by atoms with Crippen LogP contribution in [0.25, 0.3) is 11.1 Å². The average Bonchev–Trinajstić information content (AvgIpc) is 2.68. The summed E-state index contributed by atoms with van der Waals surface area (Å²) in [6.45, 7) is 3.52. The van der Waals surface area contributed by atoms with Gasteiger partial charge in [-0.3, -0.25) is 4.98 Å². The predicted octanol–water partition coefficient (Wildman–Crippen LogP) is 3.48. The van der Waals surface area contributed by atoms with Crippen LogP contribution in [0.15, 0.2) is 54.0 Å². The summed E-state index contributed by atoms with van der Waals surface area (Å²) in [5.74, 6) is -0.620.